The molecule has 1 saturated carbocycles. The van der Waals surface area contributed by atoms with E-state index in [1.54, 1.807) is 13.1 Å². The van der Waals surface area contributed by atoms with Gasteiger partial charge in [0.05, 0.1) is 27.8 Å². The predicted molar refractivity (Wildman–Crippen MR) is 113 cm³/mol. The van der Waals surface area contributed by atoms with Gasteiger partial charge in [-0.1, -0.05) is 18.0 Å². The molecule has 0 aliphatic heterocycles. The molecule has 0 bridgehead atoms. The summed E-state index contributed by atoms with van der Waals surface area (Å²) < 4.78 is 35.4. The summed E-state index contributed by atoms with van der Waals surface area (Å²) in [6, 6.07) is 7.02. The van der Waals surface area contributed by atoms with Gasteiger partial charge in [0.1, 0.15) is 11.3 Å². The molecular weight excluding hydrogens is 430 g/mol. The Morgan fingerprint density at radius 2 is 2.10 bits per heavy atom. The zero-order valence-electron chi connectivity index (χ0n) is 16.1. The van der Waals surface area contributed by atoms with Crippen molar-refractivity contribution in [2.24, 2.45) is 13.0 Å². The van der Waals surface area contributed by atoms with E-state index in [9.17, 15) is 18.3 Å². The van der Waals surface area contributed by atoms with E-state index in [1.165, 1.54) is 41.6 Å². The number of carboxylic acids is 1. The van der Waals surface area contributed by atoms with Gasteiger partial charge < -0.3 is 9.84 Å². The number of rotatable bonds is 7. The van der Waals surface area contributed by atoms with Gasteiger partial charge in [-0.25, -0.2) is 13.2 Å². The van der Waals surface area contributed by atoms with Crippen LogP contribution in [0.1, 0.15) is 29.6 Å². The minimum Gasteiger partial charge on any atom is -0.492 e. The van der Waals surface area contributed by atoms with Crippen molar-refractivity contribution in [3.05, 3.63) is 47.1 Å². The Morgan fingerprint density at radius 3 is 2.73 bits per heavy atom. The van der Waals surface area contributed by atoms with Crippen LogP contribution in [0.15, 0.2) is 41.4 Å². The highest BCUT2D eigenvalue weighted by Gasteiger charge is 2.22. The second-order valence-electron chi connectivity index (χ2n) is 7.34. The lowest BCUT2D eigenvalue weighted by Gasteiger charge is -2.25. The molecule has 4 rings (SSSR count). The van der Waals surface area contributed by atoms with Crippen LogP contribution in [-0.2, 0) is 17.1 Å². The number of aromatic carboxylic acids is 1. The lowest BCUT2D eigenvalue weighted by Crippen LogP contribution is -2.19. The molecule has 10 heteroatoms. The van der Waals surface area contributed by atoms with E-state index in [0.717, 1.165) is 12.8 Å². The fourth-order valence-corrected chi connectivity index (χ4v) is 4.72. The van der Waals surface area contributed by atoms with Crippen molar-refractivity contribution in [1.82, 2.24) is 9.78 Å². The minimum absolute atomic E-state index is 0.0325. The molecule has 8 nitrogen and oxygen atoms in total. The van der Waals surface area contributed by atoms with Crippen LogP contribution in [0.2, 0.25) is 5.02 Å². The fraction of sp³-hybridized carbons (Fsp3) is 0.300. The molecule has 1 fully saturated rings. The van der Waals surface area contributed by atoms with Crippen LogP contribution in [0.25, 0.3) is 10.9 Å². The summed E-state index contributed by atoms with van der Waals surface area (Å²) in [6.07, 6.45) is 5.01. The number of nitrogens with zero attached hydrogens (tertiary/aromatic N) is 2. The lowest BCUT2D eigenvalue weighted by molar-refractivity contribution is 0.0699. The number of anilines is 1. The topological polar surface area (TPSA) is 111 Å². The molecule has 0 unspecified atom stereocenters. The zero-order valence-corrected chi connectivity index (χ0v) is 17.7. The first-order valence-electron chi connectivity index (χ1n) is 9.39. The molecule has 30 heavy (non-hydrogen) atoms. The second kappa shape index (κ2) is 7.81. The number of sulfonamides is 1. The van der Waals surface area contributed by atoms with Crippen molar-refractivity contribution in [1.29, 1.82) is 0 Å². The van der Waals surface area contributed by atoms with Crippen LogP contribution in [0.4, 0.5) is 5.69 Å². The third-order valence-electron chi connectivity index (χ3n) is 5.18. The van der Waals surface area contributed by atoms with Gasteiger partial charge in [-0.2, -0.15) is 5.10 Å². The highest BCUT2D eigenvalue weighted by atomic mass is 35.5. The maximum absolute atomic E-state index is 12.9. The maximum atomic E-state index is 12.9. The summed E-state index contributed by atoms with van der Waals surface area (Å²) in [5.74, 6) is -0.146. The van der Waals surface area contributed by atoms with Crippen LogP contribution in [0, 0.1) is 5.92 Å². The van der Waals surface area contributed by atoms with Gasteiger partial charge in [-0.05, 0) is 49.1 Å². The summed E-state index contributed by atoms with van der Waals surface area (Å²) in [5, 5.41) is 14.1. The number of benzene rings is 2. The van der Waals surface area contributed by atoms with Crippen LogP contribution in [0.3, 0.4) is 0 Å². The number of nitrogens with one attached hydrogen (secondary N) is 1. The highest BCUT2D eigenvalue weighted by Crippen LogP contribution is 2.32. The third kappa shape index (κ3) is 3.95. The summed E-state index contributed by atoms with van der Waals surface area (Å²) in [5.41, 5.74) is 0.460. The lowest BCUT2D eigenvalue weighted by atomic mass is 9.86. The van der Waals surface area contributed by atoms with Gasteiger partial charge in [0.15, 0.2) is 0 Å². The summed E-state index contributed by atoms with van der Waals surface area (Å²) >= 11 is 6.24. The molecule has 2 aromatic carbocycles. The number of fused-ring (bicyclic) bond motifs is 1. The van der Waals surface area contributed by atoms with E-state index < -0.39 is 16.0 Å². The first-order valence-corrected chi connectivity index (χ1v) is 11.3. The molecular formula is C20H20ClN3O5S. The summed E-state index contributed by atoms with van der Waals surface area (Å²) in [4.78, 5) is 11.4. The van der Waals surface area contributed by atoms with Crippen molar-refractivity contribution in [2.45, 2.75) is 24.2 Å². The van der Waals surface area contributed by atoms with Gasteiger partial charge >= 0.3 is 5.97 Å². The van der Waals surface area contributed by atoms with E-state index in [4.69, 9.17) is 16.3 Å². The largest absolute Gasteiger partial charge is 0.492 e. The molecule has 158 valence electrons. The van der Waals surface area contributed by atoms with Crippen molar-refractivity contribution in [3.8, 4) is 5.75 Å². The molecule has 0 atom stereocenters. The second-order valence-corrected chi connectivity index (χ2v) is 9.43. The Labute approximate surface area is 178 Å². The standard InChI is InChI=1S/C20H20ClN3O5S/c1-24-10-15-14(20(25)26)6-7-17(19(15)22-24)23-30(27,28)13-5-8-18(16(21)9-13)29-11-12-3-2-4-12/h5-10,12,23H,2-4,11H2,1H3,(H,25,26). The molecule has 1 aliphatic rings. The van der Waals surface area contributed by atoms with Gasteiger partial charge in [0, 0.05) is 18.6 Å². The molecule has 1 aromatic heterocycles. The van der Waals surface area contributed by atoms with E-state index in [0.29, 0.717) is 23.7 Å². The van der Waals surface area contributed by atoms with Crippen LogP contribution >= 0.6 is 11.6 Å². The number of aromatic nitrogens is 2. The first-order chi connectivity index (χ1) is 14.2. The minimum atomic E-state index is -3.98. The summed E-state index contributed by atoms with van der Waals surface area (Å²) in [6.45, 7) is 0.567. The zero-order chi connectivity index (χ0) is 21.5. The molecule has 1 aliphatic carbocycles. The number of carboxylic acid groups (broad SMARTS) is 1. The van der Waals surface area contributed by atoms with Crippen molar-refractivity contribution >= 4 is 44.2 Å². The molecule has 1 heterocycles. The SMILES string of the molecule is Cn1cc2c(C(=O)O)ccc(NS(=O)(=O)c3ccc(OCC4CCC4)c(Cl)c3)c2n1. The maximum Gasteiger partial charge on any atom is 0.336 e. The van der Waals surface area contributed by atoms with Crippen LogP contribution < -0.4 is 9.46 Å². The smallest absolute Gasteiger partial charge is 0.336 e. The number of halogens is 1. The number of hydrogen-bond acceptors (Lipinski definition) is 5. The molecule has 3 aromatic rings. The van der Waals surface area contributed by atoms with Gasteiger partial charge in [0.2, 0.25) is 0 Å². The van der Waals surface area contributed by atoms with E-state index in [2.05, 4.69) is 9.82 Å². The Hall–Kier alpha value is -2.78. The average molecular weight is 450 g/mol. The van der Waals surface area contributed by atoms with E-state index in [-0.39, 0.29) is 26.7 Å². The van der Waals surface area contributed by atoms with E-state index >= 15 is 0 Å². The normalized spacial score (nSPS) is 14.5. The number of ether oxygens (including phenoxy) is 1. The van der Waals surface area contributed by atoms with Crippen LogP contribution in [0.5, 0.6) is 5.75 Å². The Balaban J connectivity index is 1.61. The third-order valence-corrected chi connectivity index (χ3v) is 6.84. The Kier molecular flexibility index (Phi) is 5.33. The number of aryl methyl sites for hydroxylation is 1. The predicted octanol–water partition coefficient (Wildman–Crippen LogP) is 3.90. The van der Waals surface area contributed by atoms with Crippen molar-refractivity contribution in [3.63, 3.8) is 0 Å². The molecule has 0 amide bonds. The van der Waals surface area contributed by atoms with Gasteiger partial charge in [-0.3, -0.25) is 9.40 Å². The number of hydrogen-bond donors (Lipinski definition) is 2. The Bertz CT molecular complexity index is 1230. The quantitative estimate of drug-likeness (QED) is 0.565. The van der Waals surface area contributed by atoms with Gasteiger partial charge in [-0.15, -0.1) is 0 Å². The first kappa shape index (κ1) is 20.5. The molecule has 0 saturated heterocycles. The molecule has 0 radical (unpaired) electrons. The van der Waals surface area contributed by atoms with Crippen LogP contribution in [-0.4, -0.2) is 35.9 Å². The summed E-state index contributed by atoms with van der Waals surface area (Å²) in [7, 11) is -2.35. The van der Waals surface area contributed by atoms with E-state index in [1.807, 2.05) is 0 Å². The van der Waals surface area contributed by atoms with Crippen molar-refractivity contribution < 1.29 is 23.1 Å². The molecule has 0 spiro atoms. The number of carbonyl (C=O) groups is 1. The average Bonchev–Trinajstić information content (AvgIpc) is 3.03. The Morgan fingerprint density at radius 1 is 1.33 bits per heavy atom. The monoisotopic (exact) mass is 449 g/mol. The highest BCUT2D eigenvalue weighted by molar-refractivity contribution is 7.92. The fourth-order valence-electron chi connectivity index (χ4n) is 3.33. The van der Waals surface area contributed by atoms with Gasteiger partial charge in [0.25, 0.3) is 10.0 Å². The molecule has 2 N–H and O–H groups in total. The van der Waals surface area contributed by atoms with Crippen molar-refractivity contribution in [2.75, 3.05) is 11.3 Å².